The molecule has 2 aromatic heterocycles. The predicted molar refractivity (Wildman–Crippen MR) is 257 cm³/mol. The molecule has 5 N–H and O–H groups in total. The number of alkyl carbamates (subject to hydrolysis) is 1. The van der Waals surface area contributed by atoms with Gasteiger partial charge >= 0.3 is 6.09 Å². The lowest BCUT2D eigenvalue weighted by Gasteiger charge is -2.22. The lowest BCUT2D eigenvalue weighted by Crippen LogP contribution is -2.34. The van der Waals surface area contributed by atoms with Crippen LogP contribution in [0.3, 0.4) is 0 Å². The van der Waals surface area contributed by atoms with Gasteiger partial charge in [-0.25, -0.2) is 14.8 Å². The zero-order valence-corrected chi connectivity index (χ0v) is 40.2. The number of terminal acetylenes is 1. The van der Waals surface area contributed by atoms with Crippen molar-refractivity contribution in [3.8, 4) is 24.2 Å². The average Bonchev–Trinajstić information content (AvgIpc) is 3.62. The van der Waals surface area contributed by atoms with Gasteiger partial charge < -0.3 is 31.3 Å². The quantitative estimate of drug-likeness (QED) is 0.119. The van der Waals surface area contributed by atoms with Crippen LogP contribution in [0.5, 0.6) is 0 Å². The monoisotopic (exact) mass is 923 g/mol. The number of rotatable bonds is 15. The summed E-state index contributed by atoms with van der Waals surface area (Å²) in [7, 11) is 0. The normalized spacial score (nSPS) is 12.8. The van der Waals surface area contributed by atoms with Crippen LogP contribution in [0, 0.1) is 24.2 Å². The fraction of sp³-hybridized carbons (Fsp3) is 0.543. The summed E-state index contributed by atoms with van der Waals surface area (Å²) in [5, 5.41) is 2.62. The van der Waals surface area contributed by atoms with Gasteiger partial charge in [0.2, 0.25) is 11.8 Å². The van der Waals surface area contributed by atoms with Crippen molar-refractivity contribution in [3.05, 3.63) is 41.7 Å². The van der Waals surface area contributed by atoms with Gasteiger partial charge in [0, 0.05) is 69.6 Å². The van der Waals surface area contributed by atoms with E-state index in [9.17, 15) is 14.4 Å². The van der Waals surface area contributed by atoms with Crippen LogP contribution < -0.4 is 16.8 Å². The fourth-order valence-corrected chi connectivity index (χ4v) is 8.37. The number of carbonyl (C=O) groups is 3. The minimum atomic E-state index is -0.434. The van der Waals surface area contributed by atoms with E-state index < -0.39 is 5.60 Å². The number of halogens is 1. The van der Waals surface area contributed by atoms with E-state index in [2.05, 4.69) is 83.6 Å². The molecule has 0 atom stereocenters. The molecule has 60 heavy (non-hydrogen) atoms. The van der Waals surface area contributed by atoms with Gasteiger partial charge in [0.25, 0.3) is 0 Å². The molecule has 0 unspecified atom stereocenters. The van der Waals surface area contributed by atoms with Crippen LogP contribution in [0.15, 0.2) is 37.1 Å². The Morgan fingerprint density at radius 3 is 1.77 bits per heavy atom. The van der Waals surface area contributed by atoms with E-state index in [1.165, 1.54) is 0 Å². The van der Waals surface area contributed by atoms with Crippen LogP contribution >= 0.6 is 38.6 Å². The third-order valence-corrected chi connectivity index (χ3v) is 11.0. The molecule has 0 radical (unpaired) electrons. The van der Waals surface area contributed by atoms with Crippen LogP contribution in [0.1, 0.15) is 141 Å². The summed E-state index contributed by atoms with van der Waals surface area (Å²) in [6.45, 7) is 19.7. The minimum absolute atomic E-state index is 0.0729. The van der Waals surface area contributed by atoms with Crippen molar-refractivity contribution in [3.63, 3.8) is 0 Å². The number of nitrogens with two attached hydrogens (primary N) is 2. The summed E-state index contributed by atoms with van der Waals surface area (Å²) in [6, 6.07) is 3.91. The highest BCUT2D eigenvalue weighted by atomic mass is 79.9. The molecule has 11 nitrogen and oxygen atoms in total. The van der Waals surface area contributed by atoms with Crippen LogP contribution in [0.4, 0.5) is 16.2 Å². The molecule has 0 fully saturated rings. The van der Waals surface area contributed by atoms with Gasteiger partial charge in [-0.05, 0) is 99.5 Å². The number of thiophene rings is 2. The van der Waals surface area contributed by atoms with E-state index in [0.29, 0.717) is 37.5 Å². The van der Waals surface area contributed by atoms with Crippen LogP contribution in [-0.4, -0.2) is 77.7 Å². The van der Waals surface area contributed by atoms with E-state index in [1.54, 1.807) is 22.7 Å². The van der Waals surface area contributed by atoms with Crippen LogP contribution in [0.2, 0.25) is 0 Å². The first-order valence-electron chi connectivity index (χ1n) is 21.1. The van der Waals surface area contributed by atoms with Crippen LogP contribution in [0.25, 0.3) is 12.2 Å². The number of amides is 3. The smallest absolute Gasteiger partial charge is 0.407 e. The molecule has 0 aliphatic carbocycles. The topological polar surface area (TPSA) is 156 Å². The Bertz CT molecular complexity index is 1940. The summed E-state index contributed by atoms with van der Waals surface area (Å²) in [5.74, 6) is 10.0. The average molecular weight is 925 g/mol. The third-order valence-electron chi connectivity index (χ3n) is 8.46. The van der Waals surface area contributed by atoms with Crippen molar-refractivity contribution in [1.82, 2.24) is 15.1 Å². The van der Waals surface area contributed by atoms with Crippen molar-refractivity contribution >= 4 is 91.7 Å². The Morgan fingerprint density at radius 1 is 0.800 bits per heavy atom. The fourth-order valence-electron chi connectivity index (χ4n) is 5.90. The van der Waals surface area contributed by atoms with Gasteiger partial charge in [-0.15, -0.1) is 35.0 Å². The molecule has 328 valence electrons. The second-order valence-corrected chi connectivity index (χ2v) is 18.8. The molecule has 0 bridgehead atoms. The second kappa shape index (κ2) is 27.5. The molecular weight excluding hydrogens is 859 g/mol. The highest BCUT2D eigenvalue weighted by Gasteiger charge is 2.23. The SMILES string of the molecule is C#CCCCNC(=O)OC(C)(C)C.CCCCC#Cc1cc2c(s1)C=C(C(=O)N(CCC)CCC)CC(N)=N2.CCCN(CCC)C(=O)C1=Cc2sc(Br)cc2N=C(N)C1. The zero-order valence-electron chi connectivity index (χ0n) is 37.0. The summed E-state index contributed by atoms with van der Waals surface area (Å²) >= 11 is 6.61. The maximum absolute atomic E-state index is 13.0. The first-order valence-corrected chi connectivity index (χ1v) is 23.5. The molecule has 0 aromatic carbocycles. The lowest BCUT2D eigenvalue weighted by molar-refractivity contribution is -0.128. The Balaban J connectivity index is 0.000000328. The standard InChI is InChI=1S/C21H29N3OS.C15H20BrN3OS.C10H17NO2/c1-4-7-8-9-10-17-15-18-19(26-17)13-16(14-20(22)23-18)21(25)24(11-5-2)12-6-3;1-3-5-19(6-4-2)15(20)10-7-12-11(9-13(16)21-12)18-14(17)8-10;1-5-6-7-8-11-9(12)13-10(2,3)4/h13,15H,4-8,11-12,14H2,1-3H3,(H2,22,23);7,9H,3-6,8H2,1-2H3,(H2,17,18);1H,6-8H2,2-4H3,(H,11,12). The first-order chi connectivity index (χ1) is 28.6. The van der Waals surface area contributed by atoms with Crippen molar-refractivity contribution in [2.45, 2.75) is 132 Å². The number of carbonyl (C=O) groups excluding carboxylic acids is 3. The molecule has 4 rings (SSSR count). The molecule has 2 aliphatic heterocycles. The number of unbranched alkanes of at least 4 members (excludes halogenated alkanes) is 3. The molecular formula is C46H66BrN7O4S2. The third kappa shape index (κ3) is 18.9. The van der Waals surface area contributed by atoms with Crippen molar-refractivity contribution in [1.29, 1.82) is 0 Å². The van der Waals surface area contributed by atoms with Gasteiger partial charge in [0.05, 0.1) is 29.8 Å². The number of hydrogen-bond donors (Lipinski definition) is 3. The summed E-state index contributed by atoms with van der Waals surface area (Å²) in [6.07, 6.45) is 17.8. The molecule has 2 aliphatic rings. The number of hydrogen-bond acceptors (Lipinski definition) is 10. The van der Waals surface area contributed by atoms with Crippen molar-refractivity contribution < 1.29 is 19.1 Å². The van der Waals surface area contributed by atoms with Gasteiger partial charge in [-0.2, -0.15) is 0 Å². The largest absolute Gasteiger partial charge is 0.444 e. The van der Waals surface area contributed by atoms with Crippen molar-refractivity contribution in [2.75, 3.05) is 32.7 Å². The molecule has 0 saturated heterocycles. The molecule has 4 heterocycles. The number of aliphatic imine (C=N–C) groups is 2. The molecule has 2 aromatic rings. The molecule has 0 spiro atoms. The highest BCUT2D eigenvalue weighted by Crippen LogP contribution is 2.37. The number of amidine groups is 2. The Labute approximate surface area is 375 Å². The molecule has 14 heteroatoms. The van der Waals surface area contributed by atoms with Crippen molar-refractivity contribution in [2.24, 2.45) is 21.5 Å². The van der Waals surface area contributed by atoms with Gasteiger partial charge in [0.15, 0.2) is 0 Å². The number of nitrogens with zero attached hydrogens (tertiary/aromatic N) is 4. The Hall–Kier alpha value is -4.37. The molecule has 0 saturated carbocycles. The van der Waals surface area contributed by atoms with E-state index in [4.69, 9.17) is 22.6 Å². The number of ether oxygens (including phenoxy) is 1. The number of nitrogens with one attached hydrogen (secondary N) is 1. The van der Waals surface area contributed by atoms with E-state index >= 15 is 0 Å². The minimum Gasteiger partial charge on any atom is -0.444 e. The lowest BCUT2D eigenvalue weighted by atomic mass is 10.1. The maximum Gasteiger partial charge on any atom is 0.407 e. The second-order valence-electron chi connectivity index (χ2n) is 15.3. The predicted octanol–water partition coefficient (Wildman–Crippen LogP) is 10.6. The zero-order chi connectivity index (χ0) is 44.7. The highest BCUT2D eigenvalue weighted by molar-refractivity contribution is 9.11. The number of fused-ring (bicyclic) bond motifs is 2. The van der Waals surface area contributed by atoms with Gasteiger partial charge in [-0.1, -0.05) is 52.9 Å². The summed E-state index contributed by atoms with van der Waals surface area (Å²) in [4.78, 5) is 52.4. The molecule has 3 amide bonds. The summed E-state index contributed by atoms with van der Waals surface area (Å²) < 4.78 is 6.01. The first kappa shape index (κ1) is 51.8. The van der Waals surface area contributed by atoms with E-state index in [-0.39, 0.29) is 17.9 Å². The van der Waals surface area contributed by atoms with Crippen LogP contribution in [-0.2, 0) is 14.3 Å². The van der Waals surface area contributed by atoms with Gasteiger partial charge in [-0.3, -0.25) is 9.59 Å². The van der Waals surface area contributed by atoms with E-state index in [0.717, 1.165) is 118 Å². The van der Waals surface area contributed by atoms with Gasteiger partial charge in [0.1, 0.15) is 17.3 Å². The Morgan fingerprint density at radius 2 is 1.30 bits per heavy atom. The maximum atomic E-state index is 13.0. The summed E-state index contributed by atoms with van der Waals surface area (Å²) in [5.41, 5.74) is 14.7. The van der Waals surface area contributed by atoms with E-state index in [1.807, 2.05) is 54.9 Å². The Kier molecular flexibility index (Phi) is 23.7.